The van der Waals surface area contributed by atoms with Crippen molar-refractivity contribution >= 4 is 0 Å². The third-order valence-electron chi connectivity index (χ3n) is 6.32. The van der Waals surface area contributed by atoms with Gasteiger partial charge in [-0.05, 0) is 60.2 Å². The topological polar surface area (TPSA) is 0 Å². The predicted octanol–water partition coefficient (Wildman–Crippen LogP) is 4.37. The average Bonchev–Trinajstić information content (AvgIpc) is 2.81. The molecule has 0 aromatic heterocycles. The molecule has 2 saturated carbocycles. The molecule has 0 spiro atoms. The van der Waals surface area contributed by atoms with E-state index in [-0.39, 0.29) is 0 Å². The maximum atomic E-state index is 2.56. The molecule has 2 fully saturated rings. The highest BCUT2D eigenvalue weighted by molar-refractivity contribution is 5.11. The van der Waals surface area contributed by atoms with Crippen molar-refractivity contribution in [2.45, 2.75) is 40.5 Å². The van der Waals surface area contributed by atoms with Gasteiger partial charge in [-0.2, -0.15) is 0 Å². The van der Waals surface area contributed by atoms with Crippen molar-refractivity contribution in [1.82, 2.24) is 0 Å². The van der Waals surface area contributed by atoms with Gasteiger partial charge in [0.2, 0.25) is 0 Å². The van der Waals surface area contributed by atoms with Crippen molar-refractivity contribution < 1.29 is 0 Å². The van der Waals surface area contributed by atoms with Crippen molar-refractivity contribution in [3.05, 3.63) is 12.2 Å². The smallest absolute Gasteiger partial charge is 0.0171 e. The Hall–Kier alpha value is -0.260. The Morgan fingerprint density at radius 3 is 2.12 bits per heavy atom. The van der Waals surface area contributed by atoms with Crippen LogP contribution in [0.25, 0.3) is 0 Å². The maximum absolute atomic E-state index is 2.56. The summed E-state index contributed by atoms with van der Waals surface area (Å²) in [5, 5.41) is 0. The van der Waals surface area contributed by atoms with Crippen molar-refractivity contribution in [2.24, 2.45) is 47.3 Å². The van der Waals surface area contributed by atoms with Gasteiger partial charge in [0.05, 0.1) is 0 Å². The minimum Gasteiger partial charge on any atom is -0.0851 e. The highest BCUT2D eigenvalue weighted by Gasteiger charge is 2.52. The molecule has 0 saturated heterocycles. The lowest BCUT2D eigenvalue weighted by Crippen LogP contribution is -2.28. The molecular formula is C16H26. The lowest BCUT2D eigenvalue weighted by atomic mass is 9.70. The molecule has 0 radical (unpaired) electrons. The van der Waals surface area contributed by atoms with Gasteiger partial charge in [0, 0.05) is 0 Å². The third kappa shape index (κ3) is 1.34. The maximum Gasteiger partial charge on any atom is -0.0171 e. The summed E-state index contributed by atoms with van der Waals surface area (Å²) in [6, 6.07) is 0. The first-order valence-electron chi connectivity index (χ1n) is 7.28. The van der Waals surface area contributed by atoms with Crippen LogP contribution in [0.3, 0.4) is 0 Å². The number of allylic oxidation sites excluding steroid dienone is 2. The zero-order valence-electron chi connectivity index (χ0n) is 11.2. The minimum absolute atomic E-state index is 0.815. The van der Waals surface area contributed by atoms with Gasteiger partial charge in [-0.1, -0.05) is 39.8 Å². The monoisotopic (exact) mass is 218 g/mol. The molecule has 3 aliphatic rings. The molecule has 0 aromatic rings. The van der Waals surface area contributed by atoms with Crippen LogP contribution in [-0.4, -0.2) is 0 Å². The van der Waals surface area contributed by atoms with Crippen LogP contribution in [0.5, 0.6) is 0 Å². The van der Waals surface area contributed by atoms with Crippen LogP contribution in [0.4, 0.5) is 0 Å². The molecule has 90 valence electrons. The number of rotatable bonds is 1. The van der Waals surface area contributed by atoms with Crippen molar-refractivity contribution in [3.63, 3.8) is 0 Å². The molecule has 0 N–H and O–H groups in total. The first-order valence-corrected chi connectivity index (χ1v) is 7.28. The Balaban J connectivity index is 1.80. The van der Waals surface area contributed by atoms with Crippen LogP contribution in [0.1, 0.15) is 40.5 Å². The molecule has 0 aliphatic heterocycles. The molecule has 0 heterocycles. The van der Waals surface area contributed by atoms with Crippen LogP contribution < -0.4 is 0 Å². The zero-order valence-corrected chi connectivity index (χ0v) is 11.2. The van der Waals surface area contributed by atoms with Gasteiger partial charge < -0.3 is 0 Å². The lowest BCUT2D eigenvalue weighted by molar-refractivity contribution is 0.157. The predicted molar refractivity (Wildman–Crippen MR) is 69.0 cm³/mol. The molecule has 2 bridgehead atoms. The summed E-state index contributed by atoms with van der Waals surface area (Å²) in [5.74, 6) is 7.72. The molecule has 3 rings (SSSR count). The van der Waals surface area contributed by atoms with Crippen LogP contribution >= 0.6 is 0 Å². The van der Waals surface area contributed by atoms with E-state index in [0.29, 0.717) is 0 Å². The Kier molecular flexibility index (Phi) is 2.46. The van der Waals surface area contributed by atoms with Gasteiger partial charge in [-0.15, -0.1) is 0 Å². The van der Waals surface area contributed by atoms with Gasteiger partial charge in [0.15, 0.2) is 0 Å². The lowest BCUT2D eigenvalue weighted by Gasteiger charge is -2.34. The van der Waals surface area contributed by atoms with Gasteiger partial charge in [-0.25, -0.2) is 0 Å². The molecule has 8 unspecified atom stereocenters. The molecule has 0 heteroatoms. The second kappa shape index (κ2) is 3.62. The Morgan fingerprint density at radius 1 is 0.875 bits per heavy atom. The van der Waals surface area contributed by atoms with E-state index >= 15 is 0 Å². The van der Waals surface area contributed by atoms with E-state index in [1.165, 1.54) is 12.8 Å². The van der Waals surface area contributed by atoms with Crippen molar-refractivity contribution in [1.29, 1.82) is 0 Å². The molecule has 0 amide bonds. The fourth-order valence-electron chi connectivity index (χ4n) is 5.26. The Morgan fingerprint density at radius 2 is 1.62 bits per heavy atom. The quantitative estimate of drug-likeness (QED) is 0.573. The van der Waals surface area contributed by atoms with Gasteiger partial charge in [-0.3, -0.25) is 0 Å². The fourth-order valence-corrected chi connectivity index (χ4v) is 5.26. The molecule has 3 aliphatic carbocycles. The number of fused-ring (bicyclic) bond motifs is 2. The largest absolute Gasteiger partial charge is 0.0851 e. The van der Waals surface area contributed by atoms with E-state index < -0.39 is 0 Å². The van der Waals surface area contributed by atoms with Crippen LogP contribution in [0.15, 0.2) is 12.2 Å². The first kappa shape index (κ1) is 10.9. The third-order valence-corrected chi connectivity index (χ3v) is 6.32. The summed E-state index contributed by atoms with van der Waals surface area (Å²) < 4.78 is 0. The average molecular weight is 218 g/mol. The zero-order chi connectivity index (χ0) is 11.4. The first-order chi connectivity index (χ1) is 7.59. The normalized spacial score (nSPS) is 59.8. The molecule has 8 atom stereocenters. The molecular weight excluding hydrogens is 192 g/mol. The van der Waals surface area contributed by atoms with E-state index in [1.807, 2.05) is 0 Å². The second-order valence-electron chi connectivity index (χ2n) is 6.99. The SMILES string of the molecule is CC1C=CC(C2CC3CC(C)C2C3C)C1C. The summed E-state index contributed by atoms with van der Waals surface area (Å²) in [6.45, 7) is 9.88. The fraction of sp³-hybridized carbons (Fsp3) is 0.875. The number of hydrogen-bond donors (Lipinski definition) is 0. The second-order valence-corrected chi connectivity index (χ2v) is 6.99. The standard InChI is InChI=1S/C16H26/c1-9-5-6-14(11(9)3)15-8-13-7-10(2)16(15)12(13)4/h5-6,9-16H,7-8H2,1-4H3. The molecule has 16 heavy (non-hydrogen) atoms. The molecule has 0 aromatic carbocycles. The summed E-state index contributed by atoms with van der Waals surface area (Å²) in [5.41, 5.74) is 0. The molecule has 0 nitrogen and oxygen atoms in total. The van der Waals surface area contributed by atoms with Gasteiger partial charge in [0.1, 0.15) is 0 Å². The van der Waals surface area contributed by atoms with E-state index in [0.717, 1.165) is 47.3 Å². The van der Waals surface area contributed by atoms with E-state index in [1.54, 1.807) is 0 Å². The Labute approximate surface area is 101 Å². The van der Waals surface area contributed by atoms with Crippen LogP contribution in [-0.2, 0) is 0 Å². The minimum atomic E-state index is 0.815. The highest BCUT2D eigenvalue weighted by Crippen LogP contribution is 2.59. The highest BCUT2D eigenvalue weighted by atomic mass is 14.6. The van der Waals surface area contributed by atoms with E-state index in [2.05, 4.69) is 39.8 Å². The van der Waals surface area contributed by atoms with E-state index in [4.69, 9.17) is 0 Å². The number of hydrogen-bond acceptors (Lipinski definition) is 0. The van der Waals surface area contributed by atoms with Crippen molar-refractivity contribution in [2.75, 3.05) is 0 Å². The van der Waals surface area contributed by atoms with E-state index in [9.17, 15) is 0 Å². The van der Waals surface area contributed by atoms with Gasteiger partial charge >= 0.3 is 0 Å². The summed E-state index contributed by atoms with van der Waals surface area (Å²) in [7, 11) is 0. The Bertz CT molecular complexity index is 303. The van der Waals surface area contributed by atoms with Crippen LogP contribution in [0.2, 0.25) is 0 Å². The summed E-state index contributed by atoms with van der Waals surface area (Å²) in [6.07, 6.45) is 8.07. The van der Waals surface area contributed by atoms with Crippen LogP contribution in [0, 0.1) is 47.3 Å². The summed E-state index contributed by atoms with van der Waals surface area (Å²) in [4.78, 5) is 0. The summed E-state index contributed by atoms with van der Waals surface area (Å²) >= 11 is 0. The van der Waals surface area contributed by atoms with Crippen molar-refractivity contribution in [3.8, 4) is 0 Å². The van der Waals surface area contributed by atoms with Gasteiger partial charge in [0.25, 0.3) is 0 Å².